The molecule has 1 amide bonds. The first kappa shape index (κ1) is 17.6. The lowest BCUT2D eigenvalue weighted by Crippen LogP contribution is -2.24. The molecule has 0 unspecified atom stereocenters. The van der Waals surface area contributed by atoms with Crippen molar-refractivity contribution < 1.29 is 4.79 Å². The smallest absolute Gasteiger partial charge is 0.272 e. The Morgan fingerprint density at radius 2 is 1.82 bits per heavy atom. The molecule has 28 heavy (non-hydrogen) atoms. The van der Waals surface area contributed by atoms with Gasteiger partial charge in [-0.2, -0.15) is 10.2 Å². The lowest BCUT2D eigenvalue weighted by molar-refractivity contribution is 0.0944. The van der Waals surface area contributed by atoms with E-state index >= 15 is 0 Å². The van der Waals surface area contributed by atoms with Crippen molar-refractivity contribution in [3.8, 4) is 11.4 Å². The highest BCUT2D eigenvalue weighted by molar-refractivity contribution is 5.92. The lowest BCUT2D eigenvalue weighted by Gasteiger charge is -2.01. The van der Waals surface area contributed by atoms with E-state index in [9.17, 15) is 4.79 Å². The van der Waals surface area contributed by atoms with Crippen LogP contribution in [0.2, 0.25) is 0 Å². The van der Waals surface area contributed by atoms with E-state index in [1.165, 1.54) is 4.80 Å². The zero-order valence-corrected chi connectivity index (χ0v) is 15.3. The van der Waals surface area contributed by atoms with E-state index in [2.05, 4.69) is 30.9 Å². The molecule has 0 radical (unpaired) electrons. The minimum atomic E-state index is -0.263. The maximum atomic E-state index is 12.3. The van der Waals surface area contributed by atoms with Gasteiger partial charge in [-0.1, -0.05) is 30.3 Å². The van der Waals surface area contributed by atoms with Gasteiger partial charge in [-0.25, -0.2) is 4.68 Å². The van der Waals surface area contributed by atoms with Crippen molar-refractivity contribution in [3.05, 3.63) is 66.2 Å². The largest absolute Gasteiger partial charge is 0.345 e. The average Bonchev–Trinajstić information content (AvgIpc) is 3.48. The Morgan fingerprint density at radius 1 is 1.00 bits per heavy atom. The summed E-state index contributed by atoms with van der Waals surface area (Å²) in [6.07, 6.45) is 3.58. The van der Waals surface area contributed by atoms with Gasteiger partial charge in [0, 0.05) is 24.5 Å². The SMILES string of the molecule is CCn1ccc(CNC(=O)c2ccn(Cn3nnc(-c4ccccc4)n3)n2)n1. The molecule has 10 heteroatoms. The zero-order chi connectivity index (χ0) is 19.3. The predicted octanol–water partition coefficient (Wildman–Crippen LogP) is 1.19. The van der Waals surface area contributed by atoms with E-state index in [0.717, 1.165) is 17.8 Å². The molecule has 0 aliphatic heterocycles. The average molecular weight is 377 g/mol. The van der Waals surface area contributed by atoms with Crippen LogP contribution >= 0.6 is 0 Å². The van der Waals surface area contributed by atoms with Gasteiger partial charge in [-0.15, -0.1) is 15.0 Å². The number of rotatable bonds is 7. The number of nitrogens with one attached hydrogen (secondary N) is 1. The topological polar surface area (TPSA) is 108 Å². The normalized spacial score (nSPS) is 10.9. The van der Waals surface area contributed by atoms with Crippen LogP contribution in [-0.2, 0) is 19.8 Å². The van der Waals surface area contributed by atoms with E-state index < -0.39 is 0 Å². The Balaban J connectivity index is 1.36. The molecule has 1 aromatic carbocycles. The molecule has 1 N–H and O–H groups in total. The summed E-state index contributed by atoms with van der Waals surface area (Å²) in [5.41, 5.74) is 2.01. The van der Waals surface area contributed by atoms with Crippen LogP contribution < -0.4 is 5.32 Å². The van der Waals surface area contributed by atoms with Gasteiger partial charge in [0.15, 0.2) is 6.67 Å². The minimum absolute atomic E-state index is 0.258. The van der Waals surface area contributed by atoms with Gasteiger partial charge in [0.1, 0.15) is 5.69 Å². The number of amides is 1. The van der Waals surface area contributed by atoms with Gasteiger partial charge in [0.2, 0.25) is 5.82 Å². The maximum Gasteiger partial charge on any atom is 0.272 e. The van der Waals surface area contributed by atoms with Crippen LogP contribution in [0.4, 0.5) is 0 Å². The van der Waals surface area contributed by atoms with Crippen LogP contribution in [0.3, 0.4) is 0 Å². The molecule has 10 nitrogen and oxygen atoms in total. The Bertz CT molecular complexity index is 1060. The molecule has 0 fully saturated rings. The Labute approximate surface area is 160 Å². The third-order valence-electron chi connectivity index (χ3n) is 4.08. The maximum absolute atomic E-state index is 12.3. The van der Waals surface area contributed by atoms with E-state index in [1.807, 2.05) is 54.2 Å². The first-order chi connectivity index (χ1) is 13.7. The van der Waals surface area contributed by atoms with Crippen LogP contribution in [0.25, 0.3) is 11.4 Å². The highest BCUT2D eigenvalue weighted by Gasteiger charge is 2.11. The highest BCUT2D eigenvalue weighted by Crippen LogP contribution is 2.11. The summed E-state index contributed by atoms with van der Waals surface area (Å²) in [6.45, 7) is 3.41. The molecule has 0 atom stereocenters. The Hall–Kier alpha value is -3.82. The second-order valence-electron chi connectivity index (χ2n) is 6.08. The van der Waals surface area contributed by atoms with Crippen molar-refractivity contribution in [1.29, 1.82) is 0 Å². The summed E-state index contributed by atoms with van der Waals surface area (Å²) in [6, 6.07) is 13.1. The number of aryl methyl sites for hydroxylation is 1. The van der Waals surface area contributed by atoms with Crippen molar-refractivity contribution in [2.45, 2.75) is 26.7 Å². The molecule has 3 aromatic heterocycles. The van der Waals surface area contributed by atoms with Crippen LogP contribution in [0.5, 0.6) is 0 Å². The van der Waals surface area contributed by atoms with Crippen LogP contribution in [0.1, 0.15) is 23.1 Å². The summed E-state index contributed by atoms with van der Waals surface area (Å²) in [5, 5.41) is 23.8. The number of aromatic nitrogens is 8. The highest BCUT2D eigenvalue weighted by atomic mass is 16.1. The number of benzene rings is 1. The van der Waals surface area contributed by atoms with Crippen LogP contribution in [0, 0.1) is 0 Å². The van der Waals surface area contributed by atoms with Crippen molar-refractivity contribution >= 4 is 5.91 Å². The molecule has 0 aliphatic rings. The van der Waals surface area contributed by atoms with Crippen molar-refractivity contribution in [1.82, 2.24) is 45.1 Å². The monoisotopic (exact) mass is 377 g/mol. The molecular weight excluding hydrogens is 358 g/mol. The zero-order valence-electron chi connectivity index (χ0n) is 15.3. The second-order valence-corrected chi connectivity index (χ2v) is 6.08. The van der Waals surface area contributed by atoms with Gasteiger partial charge in [-0.05, 0) is 24.3 Å². The standard InChI is InChI=1S/C18H19N9O/c1-2-25-10-8-15(21-25)12-19-18(28)16-9-11-26(22-16)13-27-23-17(20-24-27)14-6-4-3-5-7-14/h3-11H,2,12-13H2,1H3,(H,19,28). The Morgan fingerprint density at radius 3 is 2.61 bits per heavy atom. The fourth-order valence-corrected chi connectivity index (χ4v) is 2.63. The van der Waals surface area contributed by atoms with E-state index in [1.54, 1.807) is 16.9 Å². The molecule has 4 rings (SSSR count). The lowest BCUT2D eigenvalue weighted by atomic mass is 10.2. The molecular formula is C18H19N9O. The van der Waals surface area contributed by atoms with Gasteiger partial charge in [0.25, 0.3) is 5.91 Å². The summed E-state index contributed by atoms with van der Waals surface area (Å²) in [5.74, 6) is 0.276. The molecule has 3 heterocycles. The molecule has 0 saturated carbocycles. The third kappa shape index (κ3) is 3.95. The first-order valence-corrected chi connectivity index (χ1v) is 8.88. The van der Waals surface area contributed by atoms with Crippen molar-refractivity contribution in [2.75, 3.05) is 0 Å². The first-order valence-electron chi connectivity index (χ1n) is 8.88. The fourth-order valence-electron chi connectivity index (χ4n) is 2.63. The van der Waals surface area contributed by atoms with Crippen molar-refractivity contribution in [2.24, 2.45) is 0 Å². The quantitative estimate of drug-likeness (QED) is 0.518. The van der Waals surface area contributed by atoms with Gasteiger partial charge in [0.05, 0.1) is 12.2 Å². The number of nitrogens with zero attached hydrogens (tertiary/aromatic N) is 8. The summed E-state index contributed by atoms with van der Waals surface area (Å²) in [7, 11) is 0. The Kier molecular flexibility index (Phi) is 4.91. The molecule has 4 aromatic rings. The van der Waals surface area contributed by atoms with Crippen molar-refractivity contribution in [3.63, 3.8) is 0 Å². The minimum Gasteiger partial charge on any atom is -0.345 e. The van der Waals surface area contributed by atoms with Gasteiger partial charge in [-0.3, -0.25) is 9.48 Å². The fraction of sp³-hybridized carbons (Fsp3) is 0.222. The second kappa shape index (κ2) is 7.82. The number of carbonyl (C=O) groups is 1. The van der Waals surface area contributed by atoms with E-state index in [-0.39, 0.29) is 12.6 Å². The molecule has 0 spiro atoms. The summed E-state index contributed by atoms with van der Waals surface area (Å²) in [4.78, 5) is 13.7. The van der Waals surface area contributed by atoms with Gasteiger partial charge < -0.3 is 5.32 Å². The summed E-state index contributed by atoms with van der Waals surface area (Å²) < 4.78 is 3.39. The van der Waals surface area contributed by atoms with Crippen LogP contribution in [0.15, 0.2) is 54.9 Å². The number of hydrogen-bond acceptors (Lipinski definition) is 6. The molecule has 0 bridgehead atoms. The molecule has 0 saturated heterocycles. The number of hydrogen-bond donors (Lipinski definition) is 1. The van der Waals surface area contributed by atoms with E-state index in [0.29, 0.717) is 18.1 Å². The number of tetrazole rings is 1. The van der Waals surface area contributed by atoms with Gasteiger partial charge >= 0.3 is 0 Å². The summed E-state index contributed by atoms with van der Waals surface area (Å²) >= 11 is 0. The predicted molar refractivity (Wildman–Crippen MR) is 99.9 cm³/mol. The van der Waals surface area contributed by atoms with E-state index in [4.69, 9.17) is 0 Å². The van der Waals surface area contributed by atoms with Crippen LogP contribution in [-0.4, -0.2) is 45.7 Å². The molecule has 142 valence electrons. The third-order valence-corrected chi connectivity index (χ3v) is 4.08. The number of carbonyl (C=O) groups excluding carboxylic acids is 1. The molecule has 0 aliphatic carbocycles.